The Morgan fingerprint density at radius 1 is 1.17 bits per heavy atom. The molecule has 9 nitrogen and oxygen atoms in total. The summed E-state index contributed by atoms with van der Waals surface area (Å²) < 4.78 is 5.69. The summed E-state index contributed by atoms with van der Waals surface area (Å²) in [5, 5.41) is 0.614. The molecule has 3 amide bonds. The number of thiocarbonyl (C=S) groups is 1. The molecule has 2 aromatic carbocycles. The van der Waals surface area contributed by atoms with E-state index in [1.165, 1.54) is 28.4 Å². The summed E-state index contributed by atoms with van der Waals surface area (Å²) >= 11 is 7.72. The predicted octanol–water partition coefficient (Wildman–Crippen LogP) is 3.10. The van der Waals surface area contributed by atoms with Crippen molar-refractivity contribution in [2.24, 2.45) is 0 Å². The van der Waals surface area contributed by atoms with Crippen LogP contribution in [0.15, 0.2) is 58.6 Å². The van der Waals surface area contributed by atoms with Gasteiger partial charge in [-0.05, 0) is 24.3 Å². The van der Waals surface area contributed by atoms with Gasteiger partial charge in [0.2, 0.25) is 11.8 Å². The molecule has 1 saturated heterocycles. The summed E-state index contributed by atoms with van der Waals surface area (Å²) in [5.41, 5.74) is 7.20. The fourth-order valence-electron chi connectivity index (χ4n) is 3.20. The highest BCUT2D eigenvalue weighted by Gasteiger charge is 2.32. The van der Waals surface area contributed by atoms with E-state index in [2.05, 4.69) is 20.8 Å². The molecule has 0 spiro atoms. The third-order valence-electron chi connectivity index (χ3n) is 4.91. The number of thioether (sulfide) groups is 2. The molecule has 0 atom stereocenters. The molecule has 0 unspecified atom stereocenters. The monoisotopic (exact) mass is 527 g/mol. The predicted molar refractivity (Wildman–Crippen MR) is 141 cm³/mol. The van der Waals surface area contributed by atoms with Gasteiger partial charge in [0.15, 0.2) is 5.16 Å². The smallest absolute Gasteiger partial charge is 0.266 e. The van der Waals surface area contributed by atoms with Crippen molar-refractivity contribution in [1.82, 2.24) is 25.7 Å². The van der Waals surface area contributed by atoms with Gasteiger partial charge in [0.25, 0.3) is 5.91 Å². The Labute approximate surface area is 215 Å². The van der Waals surface area contributed by atoms with E-state index in [4.69, 9.17) is 17.0 Å². The number of H-pyrrole nitrogens is 1. The Bertz CT molecular complexity index is 1290. The van der Waals surface area contributed by atoms with Crippen molar-refractivity contribution >= 4 is 74.9 Å². The largest absolute Gasteiger partial charge is 0.496 e. The minimum Gasteiger partial charge on any atom is -0.496 e. The molecule has 0 saturated carbocycles. The molecule has 3 aromatic rings. The van der Waals surface area contributed by atoms with Crippen LogP contribution in [-0.2, 0) is 14.4 Å². The van der Waals surface area contributed by atoms with Gasteiger partial charge in [0.1, 0.15) is 10.1 Å². The highest BCUT2D eigenvalue weighted by Crippen LogP contribution is 2.34. The van der Waals surface area contributed by atoms with E-state index in [1.807, 2.05) is 42.5 Å². The first-order chi connectivity index (χ1) is 16.9. The van der Waals surface area contributed by atoms with Crippen molar-refractivity contribution in [3.05, 3.63) is 59.0 Å². The Balaban J connectivity index is 1.23. The third kappa shape index (κ3) is 6.21. The van der Waals surface area contributed by atoms with Crippen LogP contribution in [0, 0.1) is 0 Å². The van der Waals surface area contributed by atoms with Crippen molar-refractivity contribution < 1.29 is 19.1 Å². The number of carbonyl (C=O) groups excluding carboxylic acids is 3. The number of hydrazine groups is 1. The van der Waals surface area contributed by atoms with Crippen LogP contribution >= 0.6 is 35.7 Å². The van der Waals surface area contributed by atoms with E-state index < -0.39 is 5.91 Å². The lowest BCUT2D eigenvalue weighted by molar-refractivity contribution is -0.128. The fraction of sp³-hybridized carbons (Fsp3) is 0.174. The first-order valence-electron chi connectivity index (χ1n) is 10.5. The molecule has 180 valence electrons. The van der Waals surface area contributed by atoms with Crippen LogP contribution in [0.3, 0.4) is 0 Å². The summed E-state index contributed by atoms with van der Waals surface area (Å²) in [5.74, 6) is -0.372. The van der Waals surface area contributed by atoms with E-state index in [0.29, 0.717) is 20.1 Å². The van der Waals surface area contributed by atoms with Crippen LogP contribution in [0.5, 0.6) is 5.75 Å². The lowest BCUT2D eigenvalue weighted by Gasteiger charge is -2.14. The number of nitrogens with one attached hydrogen (secondary N) is 3. The van der Waals surface area contributed by atoms with Gasteiger partial charge in [-0.2, -0.15) is 0 Å². The number of ether oxygens (including phenoxy) is 1. The second-order valence-electron chi connectivity index (χ2n) is 7.27. The lowest BCUT2D eigenvalue weighted by Crippen LogP contribution is -2.44. The number of aromatic amines is 1. The number of hydrogen-bond acceptors (Lipinski definition) is 8. The van der Waals surface area contributed by atoms with Crippen molar-refractivity contribution in [1.29, 1.82) is 0 Å². The number of methoxy groups -OCH3 is 1. The van der Waals surface area contributed by atoms with Gasteiger partial charge in [-0.15, -0.1) is 0 Å². The molecule has 1 fully saturated rings. The molecule has 0 bridgehead atoms. The lowest BCUT2D eigenvalue weighted by atomic mass is 10.2. The van der Waals surface area contributed by atoms with Gasteiger partial charge in [-0.25, -0.2) is 4.98 Å². The number of amides is 3. The Kier molecular flexibility index (Phi) is 8.06. The van der Waals surface area contributed by atoms with Crippen LogP contribution in [0.1, 0.15) is 12.0 Å². The molecular weight excluding hydrogens is 506 g/mol. The molecule has 1 aliphatic heterocycles. The van der Waals surface area contributed by atoms with Gasteiger partial charge in [-0.3, -0.25) is 30.1 Å². The maximum atomic E-state index is 12.8. The number of rotatable bonds is 8. The second kappa shape index (κ2) is 11.4. The third-order valence-corrected chi connectivity index (χ3v) is 7.16. The number of imidazole rings is 1. The van der Waals surface area contributed by atoms with E-state index in [0.717, 1.165) is 16.6 Å². The number of aromatic nitrogens is 2. The zero-order valence-electron chi connectivity index (χ0n) is 18.6. The van der Waals surface area contributed by atoms with Crippen molar-refractivity contribution in [3.63, 3.8) is 0 Å². The highest BCUT2D eigenvalue weighted by molar-refractivity contribution is 8.26. The molecule has 2 heterocycles. The van der Waals surface area contributed by atoms with E-state index in [1.54, 1.807) is 19.3 Å². The van der Waals surface area contributed by atoms with Crippen molar-refractivity contribution in [2.45, 2.75) is 11.6 Å². The van der Waals surface area contributed by atoms with Crippen LogP contribution in [0.2, 0.25) is 0 Å². The Hall–Kier alpha value is -3.35. The summed E-state index contributed by atoms with van der Waals surface area (Å²) in [6.07, 6.45) is 1.70. The maximum Gasteiger partial charge on any atom is 0.266 e. The Morgan fingerprint density at radius 2 is 1.91 bits per heavy atom. The molecule has 0 aliphatic carbocycles. The molecule has 12 heteroatoms. The molecule has 1 aromatic heterocycles. The van der Waals surface area contributed by atoms with Crippen LogP contribution in [0.25, 0.3) is 17.1 Å². The van der Waals surface area contributed by atoms with Crippen molar-refractivity contribution in [2.75, 3.05) is 19.4 Å². The molecular formula is C23H21N5O4S3. The standard InChI is InChI=1S/C23H21N5O4S3/c1-32-17-9-5-2-6-14(17)12-18-21(31)28(23(33)35-18)11-10-19(29)26-27-20(30)13-34-22-24-15-7-3-4-8-16(15)25-22/h2-9,12H,10-11,13H2,1H3,(H,24,25)(H,26,29)(H,27,30). The quantitative estimate of drug-likeness (QED) is 0.177. The van der Waals surface area contributed by atoms with Crippen LogP contribution in [0.4, 0.5) is 0 Å². The minimum absolute atomic E-state index is 0.0224. The number of para-hydroxylation sites is 3. The molecule has 0 radical (unpaired) electrons. The maximum absolute atomic E-state index is 12.8. The SMILES string of the molecule is COc1ccccc1C=C1SC(=S)N(CCC(=O)NNC(=O)CSc2nc3ccccc3[nH]2)C1=O. The van der Waals surface area contributed by atoms with Gasteiger partial charge in [0, 0.05) is 18.5 Å². The van der Waals surface area contributed by atoms with Gasteiger partial charge < -0.3 is 9.72 Å². The van der Waals surface area contributed by atoms with Gasteiger partial charge in [0.05, 0.1) is 28.8 Å². The van der Waals surface area contributed by atoms with Crippen LogP contribution in [-0.4, -0.2) is 56.3 Å². The van der Waals surface area contributed by atoms with E-state index in [-0.39, 0.29) is 30.5 Å². The first kappa shape index (κ1) is 24.8. The first-order valence-corrected chi connectivity index (χ1v) is 12.7. The van der Waals surface area contributed by atoms with Crippen LogP contribution < -0.4 is 15.6 Å². The van der Waals surface area contributed by atoms with E-state index >= 15 is 0 Å². The van der Waals surface area contributed by atoms with E-state index in [9.17, 15) is 14.4 Å². The number of fused-ring (bicyclic) bond motifs is 1. The summed E-state index contributed by atoms with van der Waals surface area (Å²) in [6.45, 7) is 0.101. The second-order valence-corrected chi connectivity index (χ2v) is 9.91. The Morgan fingerprint density at radius 3 is 2.71 bits per heavy atom. The van der Waals surface area contributed by atoms with Crippen molar-refractivity contribution in [3.8, 4) is 5.75 Å². The number of carbonyl (C=O) groups is 3. The molecule has 1 aliphatic rings. The van der Waals surface area contributed by atoms with Gasteiger partial charge >= 0.3 is 0 Å². The molecule has 35 heavy (non-hydrogen) atoms. The summed E-state index contributed by atoms with van der Waals surface area (Å²) in [6, 6.07) is 14.9. The highest BCUT2D eigenvalue weighted by atomic mass is 32.2. The number of nitrogens with zero attached hydrogens (tertiary/aromatic N) is 2. The average molecular weight is 528 g/mol. The van der Waals surface area contributed by atoms with Gasteiger partial charge in [-0.1, -0.05) is 66.1 Å². The fourth-order valence-corrected chi connectivity index (χ4v) is 5.19. The zero-order chi connectivity index (χ0) is 24.8. The topological polar surface area (TPSA) is 116 Å². The molecule has 3 N–H and O–H groups in total. The molecule has 4 rings (SSSR count). The average Bonchev–Trinajstić information content (AvgIpc) is 3.40. The summed E-state index contributed by atoms with van der Waals surface area (Å²) in [7, 11) is 1.56. The summed E-state index contributed by atoms with van der Waals surface area (Å²) in [4.78, 5) is 46.4. The minimum atomic E-state index is -0.435. The zero-order valence-corrected chi connectivity index (χ0v) is 21.0. The normalized spacial score (nSPS) is 14.5. The number of benzene rings is 2. The number of hydrogen-bond donors (Lipinski definition) is 3.